The fourth-order valence-corrected chi connectivity index (χ4v) is 2.12. The Labute approximate surface area is 143 Å². The lowest BCUT2D eigenvalue weighted by Gasteiger charge is -2.28. The van der Waals surface area contributed by atoms with Crippen molar-refractivity contribution in [2.45, 2.75) is 33.6 Å². The summed E-state index contributed by atoms with van der Waals surface area (Å²) in [5.74, 6) is -2.13. The van der Waals surface area contributed by atoms with Crippen LogP contribution >= 0.6 is 0 Å². The summed E-state index contributed by atoms with van der Waals surface area (Å²) in [4.78, 5) is 37.1. The van der Waals surface area contributed by atoms with Gasteiger partial charge in [0.2, 0.25) is 0 Å². The number of carbonyl (C=O) groups is 3. The van der Waals surface area contributed by atoms with Crippen molar-refractivity contribution in [3.05, 3.63) is 36.5 Å². The summed E-state index contributed by atoms with van der Waals surface area (Å²) in [6, 6.07) is 0. The average Bonchev–Trinajstić information content (AvgIpc) is 2.57. The largest absolute Gasteiger partial charge is 0.466 e. The lowest BCUT2D eigenvalue weighted by Crippen LogP contribution is -2.43. The first-order chi connectivity index (χ1) is 11.4. The van der Waals surface area contributed by atoms with Gasteiger partial charge >= 0.3 is 17.9 Å². The highest BCUT2D eigenvalue weighted by Crippen LogP contribution is 2.35. The number of carbonyl (C=O) groups excluding carboxylic acids is 3. The van der Waals surface area contributed by atoms with Gasteiger partial charge in [0.1, 0.15) is 0 Å². The molecule has 0 heterocycles. The molecule has 0 atom stereocenters. The Morgan fingerprint density at radius 3 is 2.00 bits per heavy atom. The molecule has 24 heavy (non-hydrogen) atoms. The van der Waals surface area contributed by atoms with Crippen LogP contribution < -0.4 is 0 Å². The highest BCUT2D eigenvalue weighted by atomic mass is 16.6. The lowest BCUT2D eigenvalue weighted by molar-refractivity contribution is -0.172. The smallest absolute Gasteiger partial charge is 0.333 e. The zero-order valence-electron chi connectivity index (χ0n) is 14.8. The summed E-state index contributed by atoms with van der Waals surface area (Å²) >= 11 is 0. The predicted molar refractivity (Wildman–Crippen MR) is 90.0 cm³/mol. The average molecular weight is 338 g/mol. The van der Waals surface area contributed by atoms with Crippen LogP contribution in [0.5, 0.6) is 0 Å². The van der Waals surface area contributed by atoms with Gasteiger partial charge < -0.3 is 14.2 Å². The van der Waals surface area contributed by atoms with E-state index in [-0.39, 0.29) is 31.6 Å². The van der Waals surface area contributed by atoms with Crippen LogP contribution in [0, 0.1) is 5.41 Å². The molecule has 0 aliphatic rings. The van der Waals surface area contributed by atoms with Crippen molar-refractivity contribution >= 4 is 17.9 Å². The van der Waals surface area contributed by atoms with E-state index >= 15 is 0 Å². The SMILES string of the molecule is C=CCC(C/C(=C\C=C\C)C(=O)OC)(C(=O)OCC)C(=O)OCC. The van der Waals surface area contributed by atoms with Crippen molar-refractivity contribution in [3.63, 3.8) is 0 Å². The number of hydrogen-bond donors (Lipinski definition) is 0. The Kier molecular flexibility index (Phi) is 10.1. The van der Waals surface area contributed by atoms with Crippen molar-refractivity contribution in [2.24, 2.45) is 5.41 Å². The monoisotopic (exact) mass is 338 g/mol. The Bertz CT molecular complexity index is 498. The molecule has 0 spiro atoms. The van der Waals surface area contributed by atoms with Crippen molar-refractivity contribution in [3.8, 4) is 0 Å². The van der Waals surface area contributed by atoms with Gasteiger partial charge in [0.25, 0.3) is 0 Å². The predicted octanol–water partition coefficient (Wildman–Crippen LogP) is 2.74. The number of rotatable bonds is 10. The molecular weight excluding hydrogens is 312 g/mol. The van der Waals surface area contributed by atoms with Gasteiger partial charge in [0, 0.05) is 12.0 Å². The Hall–Kier alpha value is -2.37. The molecule has 0 rings (SSSR count). The van der Waals surface area contributed by atoms with Crippen LogP contribution in [0.25, 0.3) is 0 Å². The maximum absolute atomic E-state index is 12.5. The summed E-state index contributed by atoms with van der Waals surface area (Å²) in [6.45, 7) is 8.85. The van der Waals surface area contributed by atoms with E-state index in [1.54, 1.807) is 32.9 Å². The molecule has 0 aliphatic heterocycles. The first-order valence-electron chi connectivity index (χ1n) is 7.78. The highest BCUT2D eigenvalue weighted by Gasteiger charge is 2.49. The van der Waals surface area contributed by atoms with E-state index in [1.807, 2.05) is 0 Å². The van der Waals surface area contributed by atoms with Crippen LogP contribution in [-0.4, -0.2) is 38.2 Å². The van der Waals surface area contributed by atoms with Crippen LogP contribution in [0.1, 0.15) is 33.6 Å². The first-order valence-corrected chi connectivity index (χ1v) is 7.78. The third kappa shape index (κ3) is 5.68. The zero-order valence-corrected chi connectivity index (χ0v) is 14.8. The van der Waals surface area contributed by atoms with Crippen LogP contribution in [0.15, 0.2) is 36.5 Å². The molecule has 0 saturated carbocycles. The van der Waals surface area contributed by atoms with Crippen molar-refractivity contribution in [1.82, 2.24) is 0 Å². The van der Waals surface area contributed by atoms with E-state index in [9.17, 15) is 14.4 Å². The van der Waals surface area contributed by atoms with E-state index in [1.165, 1.54) is 19.3 Å². The second-order valence-corrected chi connectivity index (χ2v) is 4.90. The molecule has 0 unspecified atom stereocenters. The van der Waals surface area contributed by atoms with Crippen LogP contribution in [-0.2, 0) is 28.6 Å². The molecular formula is C18H26O6. The molecule has 0 aliphatic carbocycles. The number of hydrogen-bond acceptors (Lipinski definition) is 6. The molecule has 0 fully saturated rings. The first kappa shape index (κ1) is 21.6. The van der Waals surface area contributed by atoms with E-state index in [0.717, 1.165) is 0 Å². The Morgan fingerprint density at radius 2 is 1.62 bits per heavy atom. The van der Waals surface area contributed by atoms with Gasteiger partial charge in [-0.05, 0) is 27.2 Å². The molecule has 0 radical (unpaired) electrons. The maximum Gasteiger partial charge on any atom is 0.333 e. The Balaban J connectivity index is 6.03. The number of methoxy groups -OCH3 is 1. The molecule has 6 heteroatoms. The fraction of sp³-hybridized carbons (Fsp3) is 0.500. The van der Waals surface area contributed by atoms with Gasteiger partial charge in [-0.15, -0.1) is 6.58 Å². The third-order valence-corrected chi connectivity index (χ3v) is 3.25. The summed E-state index contributed by atoms with van der Waals surface area (Å²) in [7, 11) is 1.23. The highest BCUT2D eigenvalue weighted by molar-refractivity contribution is 6.02. The molecule has 0 N–H and O–H groups in total. The van der Waals surface area contributed by atoms with E-state index in [4.69, 9.17) is 14.2 Å². The summed E-state index contributed by atoms with van der Waals surface area (Å²) in [5.41, 5.74) is -1.51. The van der Waals surface area contributed by atoms with Crippen LogP contribution in [0.4, 0.5) is 0 Å². The van der Waals surface area contributed by atoms with Crippen LogP contribution in [0.3, 0.4) is 0 Å². The standard InChI is InChI=1S/C18H26O6/c1-6-10-11-14(15(19)22-5)13-18(12-7-2,16(20)23-8-3)17(21)24-9-4/h6-7,10-11H,2,8-9,12-13H2,1,3-5H3/b10-6+,14-11+. The number of ether oxygens (including phenoxy) is 3. The minimum absolute atomic E-state index is 0.0190. The third-order valence-electron chi connectivity index (χ3n) is 3.25. The van der Waals surface area contributed by atoms with E-state index < -0.39 is 23.3 Å². The fourth-order valence-electron chi connectivity index (χ4n) is 2.12. The second-order valence-electron chi connectivity index (χ2n) is 4.90. The Morgan fingerprint density at radius 1 is 1.08 bits per heavy atom. The van der Waals surface area contributed by atoms with Gasteiger partial charge in [0.05, 0.1) is 20.3 Å². The summed E-state index contributed by atoms with van der Waals surface area (Å²) < 4.78 is 14.9. The zero-order chi connectivity index (χ0) is 18.6. The quantitative estimate of drug-likeness (QED) is 0.152. The molecule has 0 saturated heterocycles. The van der Waals surface area contributed by atoms with Crippen molar-refractivity contribution < 1.29 is 28.6 Å². The maximum atomic E-state index is 12.5. The summed E-state index contributed by atoms with van der Waals surface area (Å²) in [5, 5.41) is 0. The molecule has 0 amide bonds. The summed E-state index contributed by atoms with van der Waals surface area (Å²) in [6.07, 6.45) is 6.05. The van der Waals surface area contributed by atoms with Gasteiger partial charge in [-0.2, -0.15) is 0 Å². The van der Waals surface area contributed by atoms with Crippen molar-refractivity contribution in [2.75, 3.05) is 20.3 Å². The second kappa shape index (κ2) is 11.2. The molecule has 0 aromatic rings. The topological polar surface area (TPSA) is 78.9 Å². The molecule has 0 bridgehead atoms. The van der Waals surface area contributed by atoms with Gasteiger partial charge in [-0.25, -0.2) is 4.79 Å². The molecule has 134 valence electrons. The number of esters is 3. The molecule has 6 nitrogen and oxygen atoms in total. The normalized spacial score (nSPS) is 11.9. The van der Waals surface area contributed by atoms with Gasteiger partial charge in [0.15, 0.2) is 5.41 Å². The van der Waals surface area contributed by atoms with Gasteiger partial charge in [-0.3, -0.25) is 9.59 Å². The minimum Gasteiger partial charge on any atom is -0.466 e. The molecule has 0 aromatic heterocycles. The molecule has 0 aromatic carbocycles. The number of allylic oxidation sites excluding steroid dienone is 4. The minimum atomic E-state index is -1.67. The lowest BCUT2D eigenvalue weighted by atomic mass is 9.78. The van der Waals surface area contributed by atoms with E-state index in [0.29, 0.717) is 0 Å². The van der Waals surface area contributed by atoms with Gasteiger partial charge in [-0.1, -0.05) is 24.3 Å². The van der Waals surface area contributed by atoms with Crippen LogP contribution in [0.2, 0.25) is 0 Å². The van der Waals surface area contributed by atoms with Crippen molar-refractivity contribution in [1.29, 1.82) is 0 Å². The van der Waals surface area contributed by atoms with E-state index in [2.05, 4.69) is 6.58 Å².